The van der Waals surface area contributed by atoms with Crippen LogP contribution in [0.2, 0.25) is 0 Å². The smallest absolute Gasteiger partial charge is 0.284 e. The fraction of sp³-hybridized carbons (Fsp3) is 0.571. The van der Waals surface area contributed by atoms with Crippen LogP contribution < -0.4 is 11.4 Å². The van der Waals surface area contributed by atoms with Crippen molar-refractivity contribution in [3.8, 4) is 0 Å². The van der Waals surface area contributed by atoms with Gasteiger partial charge in [-0.1, -0.05) is 0 Å². The number of hydrogen-bond acceptors (Lipinski definition) is 3. The molecule has 1 aromatic heterocycles. The molecule has 0 unspecified atom stereocenters. The van der Waals surface area contributed by atoms with Crippen molar-refractivity contribution in [1.82, 2.24) is 14.5 Å². The molecule has 1 aliphatic carbocycles. The molecule has 1 saturated carbocycles. The molecule has 0 aromatic carbocycles. The molecule has 1 fully saturated rings. The van der Waals surface area contributed by atoms with Gasteiger partial charge in [0.15, 0.2) is 0 Å². The minimum atomic E-state index is -0.542. The van der Waals surface area contributed by atoms with Crippen molar-refractivity contribution in [3.05, 3.63) is 26.8 Å². The van der Waals surface area contributed by atoms with Crippen LogP contribution >= 0.6 is 0 Å². The van der Waals surface area contributed by atoms with Gasteiger partial charge in [-0.2, -0.15) is 4.98 Å². The van der Waals surface area contributed by atoms with Crippen LogP contribution in [0.1, 0.15) is 24.6 Å². The fourth-order valence-electron chi connectivity index (χ4n) is 1.19. The predicted octanol–water partition coefficient (Wildman–Crippen LogP) is -0.654. The molecule has 64 valence electrons. The summed E-state index contributed by atoms with van der Waals surface area (Å²) < 4.78 is 1.40. The van der Waals surface area contributed by atoms with Crippen molar-refractivity contribution in [1.29, 1.82) is 0 Å². The molecule has 0 amide bonds. The zero-order valence-electron chi connectivity index (χ0n) is 6.70. The minimum absolute atomic E-state index is 0.324. The van der Waals surface area contributed by atoms with Crippen LogP contribution in [0.3, 0.4) is 0 Å². The molecule has 1 aromatic rings. The van der Waals surface area contributed by atoms with E-state index in [4.69, 9.17) is 0 Å². The van der Waals surface area contributed by atoms with E-state index in [1.807, 2.05) is 0 Å². The first-order chi connectivity index (χ1) is 5.68. The average Bonchev–Trinajstić information content (AvgIpc) is 2.79. The van der Waals surface area contributed by atoms with Gasteiger partial charge in [-0.3, -0.25) is 9.55 Å². The van der Waals surface area contributed by atoms with E-state index in [9.17, 15) is 9.59 Å². The Hall–Kier alpha value is -1.39. The van der Waals surface area contributed by atoms with E-state index in [1.54, 1.807) is 7.05 Å². The van der Waals surface area contributed by atoms with Crippen molar-refractivity contribution in [2.75, 3.05) is 0 Å². The molecule has 5 heteroatoms. The van der Waals surface area contributed by atoms with Crippen molar-refractivity contribution in [2.24, 2.45) is 7.05 Å². The van der Waals surface area contributed by atoms with E-state index in [2.05, 4.69) is 9.97 Å². The Labute approximate surface area is 68.1 Å². The number of aromatic nitrogens is 3. The van der Waals surface area contributed by atoms with E-state index in [0.717, 1.165) is 12.8 Å². The van der Waals surface area contributed by atoms with Gasteiger partial charge in [0.2, 0.25) is 0 Å². The summed E-state index contributed by atoms with van der Waals surface area (Å²) in [6.45, 7) is 0. The standard InChI is InChI=1S/C7H9N3O2/c1-10-5(4-2-3-4)8-6(11)9-7(10)12/h4H,2-3H2,1H3,(H,9,11,12). The molecule has 0 atom stereocenters. The lowest BCUT2D eigenvalue weighted by Crippen LogP contribution is -2.32. The maximum atomic E-state index is 11.1. The summed E-state index contributed by atoms with van der Waals surface area (Å²) >= 11 is 0. The number of rotatable bonds is 1. The third-order valence-electron chi connectivity index (χ3n) is 2.02. The molecular formula is C7H9N3O2. The molecule has 0 bridgehead atoms. The van der Waals surface area contributed by atoms with Gasteiger partial charge in [0.1, 0.15) is 5.82 Å². The summed E-state index contributed by atoms with van der Waals surface area (Å²) in [5.74, 6) is 0.939. The molecule has 1 N–H and O–H groups in total. The van der Waals surface area contributed by atoms with E-state index < -0.39 is 5.69 Å². The normalized spacial score (nSPS) is 16.4. The lowest BCUT2D eigenvalue weighted by Gasteiger charge is -2.01. The number of aromatic amines is 1. The minimum Gasteiger partial charge on any atom is -0.284 e. The second kappa shape index (κ2) is 2.30. The molecule has 1 heterocycles. The van der Waals surface area contributed by atoms with E-state index in [-0.39, 0.29) is 5.69 Å². The summed E-state index contributed by atoms with van der Waals surface area (Å²) in [4.78, 5) is 27.7. The average molecular weight is 167 g/mol. The Kier molecular flexibility index (Phi) is 1.39. The summed E-state index contributed by atoms with van der Waals surface area (Å²) in [5.41, 5.74) is -0.920. The second-order valence-corrected chi connectivity index (χ2v) is 3.04. The molecule has 0 radical (unpaired) electrons. The fourth-order valence-corrected chi connectivity index (χ4v) is 1.19. The molecule has 12 heavy (non-hydrogen) atoms. The molecule has 1 aliphatic rings. The second-order valence-electron chi connectivity index (χ2n) is 3.04. The Balaban J connectivity index is 2.66. The first-order valence-electron chi connectivity index (χ1n) is 3.86. The van der Waals surface area contributed by atoms with Crippen LogP contribution in [0.15, 0.2) is 9.59 Å². The highest BCUT2D eigenvalue weighted by molar-refractivity contribution is 5.04. The van der Waals surface area contributed by atoms with Gasteiger partial charge in [-0.05, 0) is 12.8 Å². The van der Waals surface area contributed by atoms with Crippen LogP contribution in [-0.2, 0) is 7.05 Å². The first-order valence-corrected chi connectivity index (χ1v) is 3.86. The monoisotopic (exact) mass is 167 g/mol. The van der Waals surface area contributed by atoms with E-state index in [0.29, 0.717) is 11.7 Å². The third-order valence-corrected chi connectivity index (χ3v) is 2.02. The predicted molar refractivity (Wildman–Crippen MR) is 42.1 cm³/mol. The Bertz CT molecular complexity index is 413. The summed E-state index contributed by atoms with van der Waals surface area (Å²) in [5, 5.41) is 0. The Morgan fingerprint density at radius 1 is 1.50 bits per heavy atom. The van der Waals surface area contributed by atoms with Crippen LogP contribution in [0, 0.1) is 0 Å². The van der Waals surface area contributed by atoms with E-state index in [1.165, 1.54) is 4.57 Å². The maximum Gasteiger partial charge on any atom is 0.350 e. The van der Waals surface area contributed by atoms with Gasteiger partial charge in [0, 0.05) is 13.0 Å². The highest BCUT2D eigenvalue weighted by Gasteiger charge is 2.27. The highest BCUT2D eigenvalue weighted by Crippen LogP contribution is 2.37. The Morgan fingerprint density at radius 3 is 2.75 bits per heavy atom. The summed E-state index contributed by atoms with van der Waals surface area (Å²) in [6.07, 6.45) is 2.06. The molecule has 0 spiro atoms. The van der Waals surface area contributed by atoms with Gasteiger partial charge >= 0.3 is 11.4 Å². The van der Waals surface area contributed by atoms with Gasteiger partial charge in [-0.25, -0.2) is 9.59 Å². The van der Waals surface area contributed by atoms with E-state index >= 15 is 0 Å². The zero-order chi connectivity index (χ0) is 8.72. The molecule has 2 rings (SSSR count). The van der Waals surface area contributed by atoms with Crippen molar-refractivity contribution < 1.29 is 0 Å². The topological polar surface area (TPSA) is 67.8 Å². The van der Waals surface area contributed by atoms with Crippen LogP contribution in [0.5, 0.6) is 0 Å². The lowest BCUT2D eigenvalue weighted by atomic mass is 10.4. The number of H-pyrrole nitrogens is 1. The van der Waals surface area contributed by atoms with Crippen molar-refractivity contribution >= 4 is 0 Å². The van der Waals surface area contributed by atoms with Crippen LogP contribution in [0.25, 0.3) is 0 Å². The molecule has 0 saturated heterocycles. The molecular weight excluding hydrogens is 158 g/mol. The SMILES string of the molecule is Cn1c(C2CC2)nc(=O)[nH]c1=O. The summed E-state index contributed by atoms with van der Waals surface area (Å²) in [6, 6.07) is 0. The van der Waals surface area contributed by atoms with Crippen LogP contribution in [-0.4, -0.2) is 14.5 Å². The zero-order valence-corrected chi connectivity index (χ0v) is 6.70. The first kappa shape index (κ1) is 7.27. The number of nitrogens with one attached hydrogen (secondary N) is 1. The van der Waals surface area contributed by atoms with Crippen molar-refractivity contribution in [2.45, 2.75) is 18.8 Å². The Morgan fingerprint density at radius 2 is 2.17 bits per heavy atom. The lowest BCUT2D eigenvalue weighted by molar-refractivity contribution is 0.677. The van der Waals surface area contributed by atoms with Gasteiger partial charge in [0.05, 0.1) is 0 Å². The van der Waals surface area contributed by atoms with Gasteiger partial charge < -0.3 is 0 Å². The van der Waals surface area contributed by atoms with Crippen molar-refractivity contribution in [3.63, 3.8) is 0 Å². The quantitative estimate of drug-likeness (QED) is 0.604. The van der Waals surface area contributed by atoms with Gasteiger partial charge in [0.25, 0.3) is 0 Å². The largest absolute Gasteiger partial charge is 0.350 e. The molecule has 5 nitrogen and oxygen atoms in total. The van der Waals surface area contributed by atoms with Gasteiger partial charge in [-0.15, -0.1) is 0 Å². The summed E-state index contributed by atoms with van der Waals surface area (Å²) in [7, 11) is 1.62. The maximum absolute atomic E-state index is 11.1. The number of hydrogen-bond donors (Lipinski definition) is 1. The highest BCUT2D eigenvalue weighted by atomic mass is 16.2. The number of nitrogens with zero attached hydrogens (tertiary/aromatic N) is 2. The molecule has 0 aliphatic heterocycles. The third kappa shape index (κ3) is 1.07. The van der Waals surface area contributed by atoms with Crippen LogP contribution in [0.4, 0.5) is 0 Å².